The van der Waals surface area contributed by atoms with Gasteiger partial charge < -0.3 is 19.5 Å². The summed E-state index contributed by atoms with van der Waals surface area (Å²) < 4.78 is 15.9. The van der Waals surface area contributed by atoms with Crippen molar-refractivity contribution < 1.29 is 19.0 Å². The Labute approximate surface area is 129 Å². The van der Waals surface area contributed by atoms with Crippen LogP contribution < -0.4 is 19.5 Å². The SMILES string of the molecule is CCOc1ccccc1C(=O)Nc1cc(OC)ccc1OC. The van der Waals surface area contributed by atoms with Crippen molar-refractivity contribution in [3.05, 3.63) is 48.0 Å². The minimum atomic E-state index is -0.268. The van der Waals surface area contributed by atoms with E-state index in [0.29, 0.717) is 35.1 Å². The Bertz CT molecular complexity index is 655. The number of carbonyl (C=O) groups is 1. The van der Waals surface area contributed by atoms with Gasteiger partial charge >= 0.3 is 0 Å². The molecule has 0 radical (unpaired) electrons. The van der Waals surface area contributed by atoms with Crippen LogP contribution in [0.15, 0.2) is 42.5 Å². The van der Waals surface area contributed by atoms with E-state index in [1.54, 1.807) is 50.6 Å². The van der Waals surface area contributed by atoms with Crippen LogP contribution in [-0.2, 0) is 0 Å². The van der Waals surface area contributed by atoms with Crippen molar-refractivity contribution in [3.8, 4) is 17.2 Å². The van der Waals surface area contributed by atoms with Crippen LogP contribution in [0.2, 0.25) is 0 Å². The molecule has 22 heavy (non-hydrogen) atoms. The first-order valence-electron chi connectivity index (χ1n) is 6.94. The molecule has 116 valence electrons. The van der Waals surface area contributed by atoms with Gasteiger partial charge in [-0.3, -0.25) is 4.79 Å². The lowest BCUT2D eigenvalue weighted by molar-refractivity contribution is 0.102. The average molecular weight is 301 g/mol. The second kappa shape index (κ2) is 7.36. The van der Waals surface area contributed by atoms with Gasteiger partial charge in [-0.2, -0.15) is 0 Å². The van der Waals surface area contributed by atoms with E-state index in [0.717, 1.165) is 0 Å². The van der Waals surface area contributed by atoms with Crippen LogP contribution in [-0.4, -0.2) is 26.7 Å². The molecule has 0 unspecified atom stereocenters. The number of benzene rings is 2. The maximum Gasteiger partial charge on any atom is 0.259 e. The number of hydrogen-bond acceptors (Lipinski definition) is 4. The molecule has 1 N–H and O–H groups in total. The Kier molecular flexibility index (Phi) is 5.25. The zero-order chi connectivity index (χ0) is 15.9. The fourth-order valence-corrected chi connectivity index (χ4v) is 2.04. The smallest absolute Gasteiger partial charge is 0.259 e. The molecule has 0 saturated carbocycles. The molecule has 2 aromatic carbocycles. The minimum absolute atomic E-state index is 0.268. The van der Waals surface area contributed by atoms with Gasteiger partial charge in [-0.15, -0.1) is 0 Å². The standard InChI is InChI=1S/C17H19NO4/c1-4-22-15-8-6-5-7-13(15)17(19)18-14-11-12(20-2)9-10-16(14)21-3/h5-11H,4H2,1-3H3,(H,18,19). The van der Waals surface area contributed by atoms with Crippen molar-refractivity contribution in [2.24, 2.45) is 0 Å². The first kappa shape index (κ1) is 15.7. The van der Waals surface area contributed by atoms with E-state index in [2.05, 4.69) is 5.32 Å². The molecule has 0 aromatic heterocycles. The Morgan fingerprint density at radius 2 is 1.82 bits per heavy atom. The highest BCUT2D eigenvalue weighted by molar-refractivity contribution is 6.07. The number of ether oxygens (including phenoxy) is 3. The molecule has 0 bridgehead atoms. The molecule has 0 aliphatic heterocycles. The number of amides is 1. The summed E-state index contributed by atoms with van der Waals surface area (Å²) in [6, 6.07) is 12.3. The molecule has 5 heteroatoms. The normalized spacial score (nSPS) is 9.95. The van der Waals surface area contributed by atoms with E-state index in [-0.39, 0.29) is 5.91 Å². The predicted octanol–water partition coefficient (Wildman–Crippen LogP) is 3.35. The summed E-state index contributed by atoms with van der Waals surface area (Å²) in [5, 5.41) is 2.83. The molecular formula is C17H19NO4. The first-order chi connectivity index (χ1) is 10.7. The van der Waals surface area contributed by atoms with Crippen LogP contribution in [0.5, 0.6) is 17.2 Å². The maximum atomic E-state index is 12.5. The molecule has 0 saturated heterocycles. The van der Waals surface area contributed by atoms with E-state index in [4.69, 9.17) is 14.2 Å². The number of anilines is 1. The molecule has 2 aromatic rings. The van der Waals surface area contributed by atoms with E-state index in [9.17, 15) is 4.79 Å². The average Bonchev–Trinajstić information content (AvgIpc) is 2.55. The highest BCUT2D eigenvalue weighted by Gasteiger charge is 2.14. The van der Waals surface area contributed by atoms with Gasteiger partial charge in [0.05, 0.1) is 32.1 Å². The minimum Gasteiger partial charge on any atom is -0.497 e. The summed E-state index contributed by atoms with van der Waals surface area (Å²) in [7, 11) is 3.11. The third kappa shape index (κ3) is 3.49. The van der Waals surface area contributed by atoms with Crippen molar-refractivity contribution in [1.29, 1.82) is 0 Å². The van der Waals surface area contributed by atoms with Gasteiger partial charge in [0.2, 0.25) is 0 Å². The van der Waals surface area contributed by atoms with E-state index >= 15 is 0 Å². The summed E-state index contributed by atoms with van der Waals surface area (Å²) in [5.74, 6) is 1.47. The number of carbonyl (C=O) groups excluding carboxylic acids is 1. The first-order valence-corrected chi connectivity index (χ1v) is 6.94. The Hall–Kier alpha value is -2.69. The van der Waals surface area contributed by atoms with Gasteiger partial charge in [-0.05, 0) is 31.2 Å². The van der Waals surface area contributed by atoms with Crippen molar-refractivity contribution >= 4 is 11.6 Å². The maximum absolute atomic E-state index is 12.5. The van der Waals surface area contributed by atoms with E-state index in [1.807, 2.05) is 13.0 Å². The number of para-hydroxylation sites is 1. The summed E-state index contributed by atoms with van der Waals surface area (Å²) in [6.45, 7) is 2.37. The number of hydrogen-bond donors (Lipinski definition) is 1. The number of methoxy groups -OCH3 is 2. The second-order valence-corrected chi connectivity index (χ2v) is 4.45. The zero-order valence-electron chi connectivity index (χ0n) is 12.9. The highest BCUT2D eigenvalue weighted by Crippen LogP contribution is 2.30. The molecule has 0 aliphatic carbocycles. The summed E-state index contributed by atoms with van der Waals surface area (Å²) in [6.07, 6.45) is 0. The number of nitrogens with one attached hydrogen (secondary N) is 1. The largest absolute Gasteiger partial charge is 0.497 e. The Morgan fingerprint density at radius 1 is 1.05 bits per heavy atom. The summed E-state index contributed by atoms with van der Waals surface area (Å²) >= 11 is 0. The Balaban J connectivity index is 2.29. The van der Waals surface area contributed by atoms with Crippen LogP contribution in [0.3, 0.4) is 0 Å². The molecule has 1 amide bonds. The molecule has 0 heterocycles. The Morgan fingerprint density at radius 3 is 2.50 bits per heavy atom. The molecular weight excluding hydrogens is 282 g/mol. The third-order valence-corrected chi connectivity index (χ3v) is 3.09. The van der Waals surface area contributed by atoms with Gasteiger partial charge in [0.1, 0.15) is 17.2 Å². The zero-order valence-corrected chi connectivity index (χ0v) is 12.9. The van der Waals surface area contributed by atoms with Crippen molar-refractivity contribution in [1.82, 2.24) is 0 Å². The lowest BCUT2D eigenvalue weighted by Crippen LogP contribution is -2.14. The third-order valence-electron chi connectivity index (χ3n) is 3.09. The quantitative estimate of drug-likeness (QED) is 0.889. The van der Waals surface area contributed by atoms with Gasteiger partial charge in [0.15, 0.2) is 0 Å². The lowest BCUT2D eigenvalue weighted by Gasteiger charge is -2.13. The molecule has 0 fully saturated rings. The van der Waals surface area contributed by atoms with Gasteiger partial charge in [-0.1, -0.05) is 12.1 Å². The van der Waals surface area contributed by atoms with Crippen LogP contribution in [0.4, 0.5) is 5.69 Å². The summed E-state index contributed by atoms with van der Waals surface area (Å²) in [5.41, 5.74) is 1.01. The van der Waals surface area contributed by atoms with Gasteiger partial charge in [0, 0.05) is 6.07 Å². The fourth-order valence-electron chi connectivity index (χ4n) is 2.04. The van der Waals surface area contributed by atoms with Crippen molar-refractivity contribution in [2.75, 3.05) is 26.1 Å². The molecule has 0 aliphatic rings. The van der Waals surface area contributed by atoms with Gasteiger partial charge in [0.25, 0.3) is 5.91 Å². The highest BCUT2D eigenvalue weighted by atomic mass is 16.5. The van der Waals surface area contributed by atoms with E-state index in [1.165, 1.54) is 0 Å². The molecule has 2 rings (SSSR count). The topological polar surface area (TPSA) is 56.8 Å². The van der Waals surface area contributed by atoms with Crippen LogP contribution in [0.1, 0.15) is 17.3 Å². The number of rotatable bonds is 6. The fraction of sp³-hybridized carbons (Fsp3) is 0.235. The molecule has 0 atom stereocenters. The molecule has 0 spiro atoms. The van der Waals surface area contributed by atoms with Crippen LogP contribution in [0.25, 0.3) is 0 Å². The summed E-state index contributed by atoms with van der Waals surface area (Å²) in [4.78, 5) is 12.5. The molecule has 5 nitrogen and oxygen atoms in total. The van der Waals surface area contributed by atoms with Crippen molar-refractivity contribution in [2.45, 2.75) is 6.92 Å². The van der Waals surface area contributed by atoms with Crippen LogP contribution in [0, 0.1) is 0 Å². The predicted molar refractivity (Wildman–Crippen MR) is 85.1 cm³/mol. The van der Waals surface area contributed by atoms with Crippen molar-refractivity contribution in [3.63, 3.8) is 0 Å². The van der Waals surface area contributed by atoms with Crippen LogP contribution >= 0.6 is 0 Å². The lowest BCUT2D eigenvalue weighted by atomic mass is 10.1. The van der Waals surface area contributed by atoms with E-state index < -0.39 is 0 Å². The monoisotopic (exact) mass is 301 g/mol. The second-order valence-electron chi connectivity index (χ2n) is 4.45. The van der Waals surface area contributed by atoms with Gasteiger partial charge in [-0.25, -0.2) is 0 Å².